The van der Waals surface area contributed by atoms with E-state index in [0.29, 0.717) is 11.4 Å². The fourth-order valence-corrected chi connectivity index (χ4v) is 2.75. The molecule has 0 aliphatic rings. The largest absolute Gasteiger partial charge is 0.495 e. The van der Waals surface area contributed by atoms with E-state index in [-0.39, 0.29) is 5.82 Å². The highest BCUT2D eigenvalue weighted by Crippen LogP contribution is 2.31. The van der Waals surface area contributed by atoms with Crippen LogP contribution in [0.1, 0.15) is 0 Å². The van der Waals surface area contributed by atoms with E-state index in [2.05, 4.69) is 10.3 Å². The lowest BCUT2D eigenvalue weighted by molar-refractivity contribution is 0.417. The quantitative estimate of drug-likeness (QED) is 0.705. The molecule has 4 nitrogen and oxygen atoms in total. The summed E-state index contributed by atoms with van der Waals surface area (Å²) in [7, 11) is 1.58. The molecule has 6 heteroatoms. The molecule has 1 aromatic heterocycles. The second-order valence-corrected chi connectivity index (χ2v) is 5.48. The maximum absolute atomic E-state index is 12.9. The zero-order valence-electron chi connectivity index (χ0n) is 11.8. The first-order valence-electron chi connectivity index (χ1n) is 6.58. The molecule has 0 saturated carbocycles. The number of nitrogens with two attached hydrogens (primary N) is 1. The van der Waals surface area contributed by atoms with Gasteiger partial charge in [-0.2, -0.15) is 0 Å². The Morgan fingerprint density at radius 3 is 2.64 bits per heavy atom. The molecule has 112 valence electrons. The summed E-state index contributed by atoms with van der Waals surface area (Å²) >= 11 is 1.47. The summed E-state index contributed by atoms with van der Waals surface area (Å²) < 4.78 is 18.0. The molecule has 3 aromatic rings. The Kier molecular flexibility index (Phi) is 3.93. The molecular formula is C16H14FN3OS. The standard InChI is InChI=1S/C16H14FN3OS/c1-21-15-7-2-10(8-13(15)18)14-9-22-16(20-14)19-12-5-3-11(17)4-6-12/h2-9H,18H2,1H3,(H,19,20). The number of nitrogen functional groups attached to an aromatic ring is 1. The minimum atomic E-state index is -0.265. The molecule has 0 saturated heterocycles. The van der Waals surface area contributed by atoms with Gasteiger partial charge in [-0.25, -0.2) is 9.37 Å². The van der Waals surface area contributed by atoms with E-state index < -0.39 is 0 Å². The van der Waals surface area contributed by atoms with Crippen LogP contribution in [0.15, 0.2) is 47.8 Å². The monoisotopic (exact) mass is 315 g/mol. The first-order valence-corrected chi connectivity index (χ1v) is 7.45. The van der Waals surface area contributed by atoms with Crippen LogP contribution in [0, 0.1) is 5.82 Å². The summed E-state index contributed by atoms with van der Waals surface area (Å²) in [6.07, 6.45) is 0. The van der Waals surface area contributed by atoms with Gasteiger partial charge in [0.2, 0.25) is 0 Å². The zero-order chi connectivity index (χ0) is 15.5. The number of benzene rings is 2. The molecule has 0 aliphatic carbocycles. The van der Waals surface area contributed by atoms with Gasteiger partial charge in [-0.05, 0) is 42.5 Å². The molecule has 2 aromatic carbocycles. The van der Waals surface area contributed by atoms with Gasteiger partial charge in [-0.3, -0.25) is 0 Å². The highest BCUT2D eigenvalue weighted by molar-refractivity contribution is 7.14. The lowest BCUT2D eigenvalue weighted by atomic mass is 10.1. The van der Waals surface area contributed by atoms with Crippen LogP contribution >= 0.6 is 11.3 Å². The molecule has 0 spiro atoms. The van der Waals surface area contributed by atoms with Gasteiger partial charge in [0.05, 0.1) is 18.5 Å². The number of hydrogen-bond acceptors (Lipinski definition) is 5. The molecule has 0 fully saturated rings. The van der Waals surface area contributed by atoms with Gasteiger partial charge in [0, 0.05) is 16.6 Å². The van der Waals surface area contributed by atoms with Crippen LogP contribution in [0.25, 0.3) is 11.3 Å². The topological polar surface area (TPSA) is 60.2 Å². The smallest absolute Gasteiger partial charge is 0.187 e. The molecule has 0 unspecified atom stereocenters. The third-order valence-corrected chi connectivity index (χ3v) is 3.88. The molecular weight excluding hydrogens is 301 g/mol. The number of halogens is 1. The molecule has 3 N–H and O–H groups in total. The van der Waals surface area contributed by atoms with E-state index in [0.717, 1.165) is 22.1 Å². The fourth-order valence-electron chi connectivity index (χ4n) is 2.01. The van der Waals surface area contributed by atoms with Crippen LogP contribution in [0.2, 0.25) is 0 Å². The second kappa shape index (κ2) is 6.03. The minimum absolute atomic E-state index is 0.265. The molecule has 0 amide bonds. The number of anilines is 3. The number of aromatic nitrogens is 1. The fraction of sp³-hybridized carbons (Fsp3) is 0.0625. The molecule has 1 heterocycles. The van der Waals surface area contributed by atoms with Crippen molar-refractivity contribution in [1.29, 1.82) is 0 Å². The predicted molar refractivity (Wildman–Crippen MR) is 88.2 cm³/mol. The van der Waals surface area contributed by atoms with Crippen molar-refractivity contribution in [2.75, 3.05) is 18.2 Å². The molecule has 0 bridgehead atoms. The number of ether oxygens (including phenoxy) is 1. The first-order chi connectivity index (χ1) is 10.7. The van der Waals surface area contributed by atoms with Gasteiger partial charge in [-0.15, -0.1) is 11.3 Å². The van der Waals surface area contributed by atoms with Crippen molar-refractivity contribution in [1.82, 2.24) is 4.98 Å². The molecule has 0 atom stereocenters. The lowest BCUT2D eigenvalue weighted by Gasteiger charge is -2.05. The Hall–Kier alpha value is -2.60. The Morgan fingerprint density at radius 1 is 1.18 bits per heavy atom. The van der Waals surface area contributed by atoms with Crippen LogP contribution in [-0.2, 0) is 0 Å². The van der Waals surface area contributed by atoms with E-state index in [4.69, 9.17) is 10.5 Å². The Labute approximate surface area is 131 Å². The lowest BCUT2D eigenvalue weighted by Crippen LogP contribution is -1.93. The van der Waals surface area contributed by atoms with Gasteiger partial charge >= 0.3 is 0 Å². The summed E-state index contributed by atoms with van der Waals surface area (Å²) in [5.41, 5.74) is 9.01. The van der Waals surface area contributed by atoms with Crippen molar-refractivity contribution >= 4 is 27.8 Å². The van der Waals surface area contributed by atoms with E-state index in [1.807, 2.05) is 23.6 Å². The third-order valence-electron chi connectivity index (χ3n) is 3.13. The summed E-state index contributed by atoms with van der Waals surface area (Å²) in [4.78, 5) is 4.51. The van der Waals surface area contributed by atoms with Crippen molar-refractivity contribution in [2.45, 2.75) is 0 Å². The number of methoxy groups -OCH3 is 1. The number of nitrogens with one attached hydrogen (secondary N) is 1. The average Bonchev–Trinajstić information content (AvgIpc) is 2.98. The van der Waals surface area contributed by atoms with Gasteiger partial charge in [0.1, 0.15) is 11.6 Å². The van der Waals surface area contributed by atoms with E-state index in [9.17, 15) is 4.39 Å². The predicted octanol–water partition coefficient (Wildman–Crippen LogP) is 4.28. The maximum Gasteiger partial charge on any atom is 0.187 e. The van der Waals surface area contributed by atoms with E-state index >= 15 is 0 Å². The minimum Gasteiger partial charge on any atom is -0.495 e. The normalized spacial score (nSPS) is 10.5. The van der Waals surface area contributed by atoms with Crippen LogP contribution in [0.3, 0.4) is 0 Å². The number of rotatable bonds is 4. The summed E-state index contributed by atoms with van der Waals surface area (Å²) in [6, 6.07) is 11.7. The molecule has 22 heavy (non-hydrogen) atoms. The Balaban J connectivity index is 1.81. The van der Waals surface area contributed by atoms with Crippen molar-refractivity contribution in [3.8, 4) is 17.0 Å². The van der Waals surface area contributed by atoms with Crippen molar-refractivity contribution < 1.29 is 9.13 Å². The van der Waals surface area contributed by atoms with Gasteiger partial charge in [0.25, 0.3) is 0 Å². The van der Waals surface area contributed by atoms with Crippen molar-refractivity contribution in [2.24, 2.45) is 0 Å². The summed E-state index contributed by atoms with van der Waals surface area (Å²) in [5, 5.41) is 5.81. The Bertz CT molecular complexity index is 786. The average molecular weight is 315 g/mol. The Morgan fingerprint density at radius 2 is 1.95 bits per heavy atom. The van der Waals surface area contributed by atoms with Crippen LogP contribution in [-0.4, -0.2) is 12.1 Å². The molecule has 0 radical (unpaired) electrons. The third kappa shape index (κ3) is 3.01. The van der Waals surface area contributed by atoms with E-state index in [1.165, 1.54) is 23.5 Å². The van der Waals surface area contributed by atoms with Crippen LogP contribution in [0.4, 0.5) is 20.9 Å². The SMILES string of the molecule is COc1ccc(-c2csc(Nc3ccc(F)cc3)n2)cc1N. The number of nitrogens with zero attached hydrogens (tertiary/aromatic N) is 1. The van der Waals surface area contributed by atoms with Crippen molar-refractivity contribution in [3.63, 3.8) is 0 Å². The zero-order valence-corrected chi connectivity index (χ0v) is 12.7. The van der Waals surface area contributed by atoms with E-state index in [1.54, 1.807) is 19.2 Å². The van der Waals surface area contributed by atoms with Gasteiger partial charge in [0.15, 0.2) is 5.13 Å². The number of thiazole rings is 1. The molecule has 0 aliphatic heterocycles. The van der Waals surface area contributed by atoms with Gasteiger partial charge < -0.3 is 15.8 Å². The molecule has 3 rings (SSSR count). The summed E-state index contributed by atoms with van der Waals surface area (Å²) in [5.74, 6) is 0.378. The van der Waals surface area contributed by atoms with Gasteiger partial charge in [-0.1, -0.05) is 0 Å². The second-order valence-electron chi connectivity index (χ2n) is 4.63. The summed E-state index contributed by atoms with van der Waals surface area (Å²) in [6.45, 7) is 0. The maximum atomic E-state index is 12.9. The highest BCUT2D eigenvalue weighted by Gasteiger charge is 2.07. The van der Waals surface area contributed by atoms with Crippen LogP contribution in [0.5, 0.6) is 5.75 Å². The highest BCUT2D eigenvalue weighted by atomic mass is 32.1. The number of hydrogen-bond donors (Lipinski definition) is 2. The van der Waals surface area contributed by atoms with Crippen LogP contribution < -0.4 is 15.8 Å². The first kappa shape index (κ1) is 14.3. The van der Waals surface area contributed by atoms with Crippen molar-refractivity contribution in [3.05, 3.63) is 53.7 Å².